The van der Waals surface area contributed by atoms with Crippen LogP contribution >= 0.6 is 0 Å². The highest BCUT2D eigenvalue weighted by molar-refractivity contribution is 6.14. The van der Waals surface area contributed by atoms with E-state index in [1.807, 2.05) is 13.0 Å². The van der Waals surface area contributed by atoms with Gasteiger partial charge in [-0.3, -0.25) is 0 Å². The zero-order valence-electron chi connectivity index (χ0n) is 46.7. The van der Waals surface area contributed by atoms with Gasteiger partial charge in [0.25, 0.3) is 0 Å². The van der Waals surface area contributed by atoms with Crippen molar-refractivity contribution in [1.82, 2.24) is 0 Å². The maximum atomic E-state index is 4.27. The molecule has 396 valence electrons. The molecule has 0 saturated heterocycles. The summed E-state index contributed by atoms with van der Waals surface area (Å²) in [4.78, 5) is 4.97. The van der Waals surface area contributed by atoms with Crippen molar-refractivity contribution in [2.45, 2.75) is 12.3 Å². The van der Waals surface area contributed by atoms with Crippen molar-refractivity contribution in [3.63, 3.8) is 0 Å². The first-order valence-electron chi connectivity index (χ1n) is 29.1. The Kier molecular flexibility index (Phi) is 12.5. The van der Waals surface area contributed by atoms with E-state index in [-0.39, 0.29) is 0 Å². The van der Waals surface area contributed by atoms with Crippen LogP contribution in [0.5, 0.6) is 0 Å². The summed E-state index contributed by atoms with van der Waals surface area (Å²) < 4.78 is 0. The first-order chi connectivity index (χ1) is 41.6. The van der Waals surface area contributed by atoms with Gasteiger partial charge in [0.05, 0.1) is 22.5 Å². The molecule has 0 aromatic heterocycles. The fourth-order valence-electron chi connectivity index (χ4n) is 13.6. The topological polar surface area (TPSA) is 6.48 Å². The van der Waals surface area contributed by atoms with E-state index < -0.39 is 5.41 Å². The maximum absolute atomic E-state index is 4.27. The minimum absolute atomic E-state index is 0.675. The quantitative estimate of drug-likeness (QED) is 0.113. The van der Waals surface area contributed by atoms with E-state index in [1.165, 1.54) is 71.6 Å². The molecule has 0 amide bonds. The zero-order valence-corrected chi connectivity index (χ0v) is 46.7. The van der Waals surface area contributed by atoms with Gasteiger partial charge in [-0.1, -0.05) is 261 Å². The highest BCUT2D eigenvalue weighted by atomic mass is 15.2. The molecule has 13 aromatic carbocycles. The van der Waals surface area contributed by atoms with E-state index in [0.717, 1.165) is 73.1 Å². The lowest BCUT2D eigenvalue weighted by Crippen LogP contribution is -2.26. The van der Waals surface area contributed by atoms with Crippen LogP contribution in [0.15, 0.2) is 328 Å². The van der Waals surface area contributed by atoms with Gasteiger partial charge < -0.3 is 9.80 Å². The van der Waals surface area contributed by atoms with Crippen LogP contribution in [0.3, 0.4) is 0 Å². The highest BCUT2D eigenvalue weighted by Crippen LogP contribution is 2.65. The Bertz CT molecular complexity index is 4690. The molecule has 2 nitrogen and oxygen atoms in total. The predicted molar refractivity (Wildman–Crippen MR) is 356 cm³/mol. The molecular formula is C82H58N2. The van der Waals surface area contributed by atoms with Gasteiger partial charge in [-0.05, 0) is 168 Å². The van der Waals surface area contributed by atoms with Crippen LogP contribution in [-0.4, -0.2) is 0 Å². The Labute approximate surface area is 492 Å². The van der Waals surface area contributed by atoms with Crippen molar-refractivity contribution in [3.8, 4) is 55.6 Å². The fraction of sp³-hybridized carbons (Fsp3) is 0.0244. The van der Waals surface area contributed by atoms with Crippen molar-refractivity contribution in [2.24, 2.45) is 0 Å². The highest BCUT2D eigenvalue weighted by Gasteiger charge is 2.52. The normalized spacial score (nSPS) is 12.8. The van der Waals surface area contributed by atoms with Gasteiger partial charge in [0.2, 0.25) is 0 Å². The van der Waals surface area contributed by atoms with Gasteiger partial charge in [0.1, 0.15) is 0 Å². The third-order valence-electron chi connectivity index (χ3n) is 17.3. The lowest BCUT2D eigenvalue weighted by Gasteiger charge is -2.34. The summed E-state index contributed by atoms with van der Waals surface area (Å²) in [5, 5.41) is 4.74. The number of benzene rings is 13. The van der Waals surface area contributed by atoms with Crippen molar-refractivity contribution in [3.05, 3.63) is 356 Å². The molecule has 0 heterocycles. The van der Waals surface area contributed by atoms with Crippen LogP contribution in [0, 0.1) is 0 Å². The molecule has 84 heavy (non-hydrogen) atoms. The average molecular weight is 1070 g/mol. The van der Waals surface area contributed by atoms with E-state index in [0.29, 0.717) is 0 Å². The number of anilines is 6. The number of rotatable bonds is 12. The molecule has 0 saturated carbocycles. The predicted octanol–water partition coefficient (Wildman–Crippen LogP) is 22.4. The molecule has 0 N–H and O–H groups in total. The molecular weight excluding hydrogens is 1010 g/mol. The minimum atomic E-state index is -0.675. The number of allylic oxidation sites excluding steroid dienone is 5. The largest absolute Gasteiger partial charge is 0.310 e. The van der Waals surface area contributed by atoms with E-state index >= 15 is 0 Å². The molecule has 0 fully saturated rings. The Morgan fingerprint density at radius 1 is 0.345 bits per heavy atom. The Balaban J connectivity index is 1.01. The molecule has 0 bridgehead atoms. The number of para-hydroxylation sites is 2. The molecule has 0 aliphatic heterocycles. The molecule has 15 rings (SSSR count). The molecule has 2 aliphatic carbocycles. The fourth-order valence-corrected chi connectivity index (χ4v) is 13.6. The molecule has 0 atom stereocenters. The van der Waals surface area contributed by atoms with Crippen LogP contribution in [0.4, 0.5) is 34.1 Å². The van der Waals surface area contributed by atoms with Gasteiger partial charge >= 0.3 is 0 Å². The Morgan fingerprint density at radius 3 is 1.50 bits per heavy atom. The number of hydrogen-bond donors (Lipinski definition) is 0. The van der Waals surface area contributed by atoms with Crippen molar-refractivity contribution in [1.29, 1.82) is 0 Å². The number of nitrogens with zero attached hydrogens (tertiary/aromatic N) is 2. The molecule has 2 aliphatic rings. The summed E-state index contributed by atoms with van der Waals surface area (Å²) in [5.74, 6) is 0. The van der Waals surface area contributed by atoms with Gasteiger partial charge in [0.15, 0.2) is 0 Å². The molecule has 0 radical (unpaired) electrons. The third kappa shape index (κ3) is 8.17. The van der Waals surface area contributed by atoms with Crippen molar-refractivity contribution in [2.75, 3.05) is 9.80 Å². The molecule has 2 heteroatoms. The van der Waals surface area contributed by atoms with Crippen LogP contribution in [-0.2, 0) is 5.41 Å². The Hall–Kier alpha value is -10.8. The molecule has 13 aromatic rings. The van der Waals surface area contributed by atoms with Crippen LogP contribution in [0.1, 0.15) is 34.7 Å². The van der Waals surface area contributed by atoms with E-state index in [9.17, 15) is 0 Å². The van der Waals surface area contributed by atoms with Crippen LogP contribution in [0.2, 0.25) is 0 Å². The van der Waals surface area contributed by atoms with E-state index in [1.54, 1.807) is 0 Å². The Morgan fingerprint density at radius 2 is 0.881 bits per heavy atom. The summed E-state index contributed by atoms with van der Waals surface area (Å²) in [6.45, 7) is 6.31. The smallest absolute Gasteiger partial charge is 0.0726 e. The first kappa shape index (κ1) is 50.2. The maximum Gasteiger partial charge on any atom is 0.0726 e. The second kappa shape index (κ2) is 20.9. The van der Waals surface area contributed by atoms with Crippen molar-refractivity contribution >= 4 is 61.2 Å². The summed E-state index contributed by atoms with van der Waals surface area (Å²) in [6, 6.07) is 110. The van der Waals surface area contributed by atoms with Gasteiger partial charge in [0, 0.05) is 33.6 Å². The summed E-state index contributed by atoms with van der Waals surface area (Å²) >= 11 is 0. The standard InChI is InChI=1S/C82H58N2/c1-3-5-27-56(4-2)61-45-48-67(58-30-13-7-14-31-58)78(53-61)83(64-34-17-9-18-35-64)66-47-44-60-51-73-76(52-63(60)50-66)82(74-42-25-23-38-69(74)70-39-24-26-43-75(70)82)77-55-80(71-40-21-22-41-72(71)81(73)77)84(65-36-19-10-20-37-65)79-54-62(57-28-11-6-12-29-57)46-49-68(79)59-32-15-8-16-33-59/h3-55H,2H2,1H3/b5-3-,56-27+. The van der Waals surface area contributed by atoms with Gasteiger partial charge in [-0.2, -0.15) is 0 Å². The van der Waals surface area contributed by atoms with Gasteiger partial charge in [-0.15, -0.1) is 0 Å². The first-order valence-corrected chi connectivity index (χ1v) is 29.1. The second-order valence-electron chi connectivity index (χ2n) is 21.9. The summed E-state index contributed by atoms with van der Waals surface area (Å²) in [5.41, 5.74) is 25.1. The molecule has 1 spiro atoms. The molecule has 0 unspecified atom stereocenters. The van der Waals surface area contributed by atoms with Gasteiger partial charge in [-0.25, -0.2) is 0 Å². The second-order valence-corrected chi connectivity index (χ2v) is 21.9. The lowest BCUT2D eigenvalue weighted by atomic mass is 9.70. The number of hydrogen-bond acceptors (Lipinski definition) is 2. The minimum Gasteiger partial charge on any atom is -0.310 e. The van der Waals surface area contributed by atoms with Crippen LogP contribution in [0.25, 0.3) is 82.8 Å². The monoisotopic (exact) mass is 1070 g/mol. The zero-order chi connectivity index (χ0) is 56.1. The summed E-state index contributed by atoms with van der Waals surface area (Å²) in [7, 11) is 0. The number of fused-ring (bicyclic) bond motifs is 13. The van der Waals surface area contributed by atoms with Crippen molar-refractivity contribution < 1.29 is 0 Å². The lowest BCUT2D eigenvalue weighted by molar-refractivity contribution is 0.795. The summed E-state index contributed by atoms with van der Waals surface area (Å²) in [6.07, 6.45) is 8.24. The van der Waals surface area contributed by atoms with E-state index in [2.05, 4.69) is 332 Å². The van der Waals surface area contributed by atoms with E-state index in [4.69, 9.17) is 0 Å². The average Bonchev–Trinajstić information content (AvgIpc) is 1.52. The third-order valence-corrected chi connectivity index (χ3v) is 17.3. The SMILES string of the molecule is C=C/C(=C\C=C/C)c1ccc(-c2ccccc2)c(N(c2ccccc2)c2ccc3cc4c(cc3c2)C2(c3ccccc3-c3ccccc32)c2cc(N(c3ccccc3)c3cc(-c5ccccc5)ccc3-c3ccccc3)c3ccccc3c2-4)c1. The van der Waals surface area contributed by atoms with Crippen LogP contribution < -0.4 is 9.80 Å².